The van der Waals surface area contributed by atoms with Gasteiger partial charge in [0.1, 0.15) is 23.0 Å². The van der Waals surface area contributed by atoms with Crippen LogP contribution in [-0.2, 0) is 16.1 Å². The summed E-state index contributed by atoms with van der Waals surface area (Å²) in [5.74, 6) is -0.809. The zero-order valence-electron chi connectivity index (χ0n) is 15.3. The van der Waals surface area contributed by atoms with Crippen molar-refractivity contribution in [3.8, 4) is 11.4 Å². The lowest BCUT2D eigenvalue weighted by molar-refractivity contribution is -0.159. The van der Waals surface area contributed by atoms with E-state index < -0.39 is 17.6 Å². The van der Waals surface area contributed by atoms with Crippen LogP contribution in [0.3, 0.4) is 0 Å². The van der Waals surface area contributed by atoms with E-state index >= 15 is 0 Å². The molecule has 3 rings (SSSR count). The fraction of sp³-hybridized carbons (Fsp3) is 0.389. The van der Waals surface area contributed by atoms with Crippen molar-refractivity contribution in [2.24, 2.45) is 0 Å². The molecular formula is C18H18Cl2N4O3. The molecule has 27 heavy (non-hydrogen) atoms. The highest BCUT2D eigenvalue weighted by Crippen LogP contribution is 2.30. The quantitative estimate of drug-likeness (QED) is 0.570. The van der Waals surface area contributed by atoms with E-state index in [9.17, 15) is 9.59 Å². The Hall–Kier alpha value is -2.25. The van der Waals surface area contributed by atoms with Crippen LogP contribution in [0.25, 0.3) is 11.4 Å². The molecule has 0 N–H and O–H groups in total. The van der Waals surface area contributed by atoms with Gasteiger partial charge in [0.15, 0.2) is 0 Å². The number of aromatic nitrogens is 3. The minimum absolute atomic E-state index is 0.0307. The van der Waals surface area contributed by atoms with Crippen molar-refractivity contribution in [3.63, 3.8) is 0 Å². The normalized spacial score (nSPS) is 14.9. The number of fused-ring (bicyclic) bond motifs is 1. The van der Waals surface area contributed by atoms with E-state index in [1.165, 1.54) is 11.1 Å². The summed E-state index contributed by atoms with van der Waals surface area (Å²) in [7, 11) is 0. The first-order valence-electron chi connectivity index (χ1n) is 8.29. The van der Waals surface area contributed by atoms with Gasteiger partial charge in [-0.15, -0.1) is 0 Å². The Morgan fingerprint density at radius 1 is 1.22 bits per heavy atom. The zero-order valence-corrected chi connectivity index (χ0v) is 16.8. The van der Waals surface area contributed by atoms with Crippen molar-refractivity contribution in [3.05, 3.63) is 39.9 Å². The number of halogens is 2. The van der Waals surface area contributed by atoms with Crippen molar-refractivity contribution in [1.82, 2.24) is 19.9 Å². The van der Waals surface area contributed by atoms with Gasteiger partial charge in [-0.25, -0.2) is 19.7 Å². The number of carbonyl (C=O) groups is 2. The van der Waals surface area contributed by atoms with Crippen molar-refractivity contribution in [2.45, 2.75) is 45.9 Å². The Bertz CT molecular complexity index is 927. The molecule has 9 heteroatoms. The average molecular weight is 409 g/mol. The summed E-state index contributed by atoms with van der Waals surface area (Å²) in [5, 5.41) is 0.305. The Morgan fingerprint density at radius 2 is 1.93 bits per heavy atom. The molecule has 2 aromatic rings. The number of esters is 1. The SMILES string of the molecule is C[C@H](C(=O)OC(C)(C)C)N1Cc2ccc(-c3nc(Cl)ncc3Cl)nc2C1=O. The van der Waals surface area contributed by atoms with Gasteiger partial charge < -0.3 is 9.64 Å². The molecule has 1 amide bonds. The largest absolute Gasteiger partial charge is 0.458 e. The molecule has 0 radical (unpaired) electrons. The highest BCUT2D eigenvalue weighted by molar-refractivity contribution is 6.33. The lowest BCUT2D eigenvalue weighted by Crippen LogP contribution is -2.42. The summed E-state index contributed by atoms with van der Waals surface area (Å²) in [6, 6.07) is 2.74. The number of hydrogen-bond acceptors (Lipinski definition) is 6. The monoisotopic (exact) mass is 408 g/mol. The molecule has 1 atom stereocenters. The molecule has 0 fully saturated rings. The van der Waals surface area contributed by atoms with E-state index in [1.807, 2.05) is 0 Å². The standard InChI is InChI=1S/C18H18Cl2N4O3/c1-9(16(26)27-18(2,3)4)24-8-10-5-6-12(22-13(10)15(24)25)14-11(19)7-21-17(20)23-14/h5-7,9H,8H2,1-4H3/t9-/m1/s1. The molecule has 0 aromatic carbocycles. The third kappa shape index (κ3) is 4.04. The minimum atomic E-state index is -0.730. The smallest absolute Gasteiger partial charge is 0.329 e. The molecule has 0 saturated carbocycles. The summed E-state index contributed by atoms with van der Waals surface area (Å²) in [5.41, 5.74) is 1.09. The lowest BCUT2D eigenvalue weighted by Gasteiger charge is -2.27. The van der Waals surface area contributed by atoms with E-state index in [0.29, 0.717) is 11.4 Å². The third-order valence-corrected chi connectivity index (χ3v) is 4.41. The molecule has 1 aliphatic rings. The van der Waals surface area contributed by atoms with Crippen molar-refractivity contribution >= 4 is 35.1 Å². The van der Waals surface area contributed by atoms with Gasteiger partial charge in [0.05, 0.1) is 16.9 Å². The van der Waals surface area contributed by atoms with Crippen molar-refractivity contribution in [2.75, 3.05) is 0 Å². The number of nitrogens with zero attached hydrogens (tertiary/aromatic N) is 4. The van der Waals surface area contributed by atoms with Gasteiger partial charge in [-0.1, -0.05) is 17.7 Å². The maximum absolute atomic E-state index is 12.8. The van der Waals surface area contributed by atoms with Crippen LogP contribution in [0.2, 0.25) is 10.3 Å². The van der Waals surface area contributed by atoms with E-state index in [1.54, 1.807) is 39.8 Å². The number of hydrogen-bond donors (Lipinski definition) is 0. The summed E-state index contributed by atoms with van der Waals surface area (Å²) in [4.78, 5) is 38.8. The second kappa shape index (κ2) is 7.05. The highest BCUT2D eigenvalue weighted by atomic mass is 35.5. The van der Waals surface area contributed by atoms with Crippen LogP contribution in [0, 0.1) is 0 Å². The van der Waals surface area contributed by atoms with E-state index in [2.05, 4.69) is 15.0 Å². The lowest BCUT2D eigenvalue weighted by atomic mass is 10.2. The van der Waals surface area contributed by atoms with Crippen molar-refractivity contribution < 1.29 is 14.3 Å². The number of pyridine rings is 1. The van der Waals surface area contributed by atoms with E-state index in [4.69, 9.17) is 27.9 Å². The summed E-state index contributed by atoms with van der Waals surface area (Å²) < 4.78 is 5.38. The topological polar surface area (TPSA) is 85.3 Å². The highest BCUT2D eigenvalue weighted by Gasteiger charge is 2.37. The van der Waals surface area contributed by atoms with Crippen LogP contribution < -0.4 is 0 Å². The summed E-state index contributed by atoms with van der Waals surface area (Å²) in [6.07, 6.45) is 1.37. The Balaban J connectivity index is 1.88. The number of amides is 1. The second-order valence-electron chi connectivity index (χ2n) is 7.18. The molecule has 0 spiro atoms. The summed E-state index contributed by atoms with van der Waals surface area (Å²) in [6.45, 7) is 7.26. The number of carbonyl (C=O) groups excluding carboxylic acids is 2. The zero-order chi connectivity index (χ0) is 19.9. The van der Waals surface area contributed by atoms with E-state index in [0.717, 1.165) is 5.56 Å². The molecule has 0 unspecified atom stereocenters. The second-order valence-corrected chi connectivity index (χ2v) is 7.93. The molecule has 1 aliphatic heterocycles. The van der Waals surface area contributed by atoms with Gasteiger partial charge in [0.25, 0.3) is 5.91 Å². The molecule has 7 nitrogen and oxygen atoms in total. The third-order valence-electron chi connectivity index (χ3n) is 3.96. The maximum atomic E-state index is 12.8. The van der Waals surface area contributed by atoms with Crippen LogP contribution in [-0.4, -0.2) is 43.4 Å². The van der Waals surface area contributed by atoms with Crippen LogP contribution in [0.1, 0.15) is 43.7 Å². The van der Waals surface area contributed by atoms with E-state index in [-0.39, 0.29) is 28.5 Å². The van der Waals surface area contributed by atoms with Gasteiger partial charge in [0, 0.05) is 12.1 Å². The van der Waals surface area contributed by atoms with Gasteiger partial charge >= 0.3 is 5.97 Å². The first-order chi connectivity index (χ1) is 12.6. The van der Waals surface area contributed by atoms with Crippen LogP contribution in [0.15, 0.2) is 18.3 Å². The Morgan fingerprint density at radius 3 is 2.59 bits per heavy atom. The van der Waals surface area contributed by atoms with Gasteiger partial charge in [-0.05, 0) is 45.4 Å². The molecule has 142 valence electrons. The average Bonchev–Trinajstić information content (AvgIpc) is 2.91. The predicted molar refractivity (Wildman–Crippen MR) is 100 cm³/mol. The minimum Gasteiger partial charge on any atom is -0.458 e. The Labute approximate surface area is 166 Å². The van der Waals surface area contributed by atoms with Crippen LogP contribution >= 0.6 is 23.2 Å². The van der Waals surface area contributed by atoms with Crippen LogP contribution in [0.5, 0.6) is 0 Å². The fourth-order valence-electron chi connectivity index (χ4n) is 2.68. The first kappa shape index (κ1) is 19.5. The molecule has 2 aromatic heterocycles. The Kier molecular flexibility index (Phi) is 5.10. The molecule has 0 bridgehead atoms. The molecular weight excluding hydrogens is 391 g/mol. The van der Waals surface area contributed by atoms with Crippen molar-refractivity contribution in [1.29, 1.82) is 0 Å². The van der Waals surface area contributed by atoms with Gasteiger partial charge in [0.2, 0.25) is 5.28 Å². The number of ether oxygens (including phenoxy) is 1. The first-order valence-corrected chi connectivity index (χ1v) is 9.04. The molecule has 3 heterocycles. The maximum Gasteiger partial charge on any atom is 0.329 e. The van der Waals surface area contributed by atoms with Crippen LogP contribution in [0.4, 0.5) is 0 Å². The summed E-state index contributed by atoms with van der Waals surface area (Å²) >= 11 is 11.9. The molecule has 0 aliphatic carbocycles. The number of rotatable bonds is 3. The van der Waals surface area contributed by atoms with Gasteiger partial charge in [-0.2, -0.15) is 0 Å². The molecule has 0 saturated heterocycles. The fourth-order valence-corrected chi connectivity index (χ4v) is 3.00. The predicted octanol–water partition coefficient (Wildman–Crippen LogP) is 3.53. The van der Waals surface area contributed by atoms with Gasteiger partial charge in [-0.3, -0.25) is 4.79 Å².